The van der Waals surface area contributed by atoms with E-state index in [4.69, 9.17) is 0 Å². The number of carboxylic acids is 1. The smallest absolute Gasteiger partial charge is 0.330 e. The zero-order valence-electron chi connectivity index (χ0n) is 9.81. The quantitative estimate of drug-likeness (QED) is 0.899. The summed E-state index contributed by atoms with van der Waals surface area (Å²) >= 11 is 3.32. The van der Waals surface area contributed by atoms with Crippen LogP contribution in [0.4, 0.5) is 10.1 Å². The van der Waals surface area contributed by atoms with Crippen molar-refractivity contribution < 1.29 is 14.3 Å². The number of benzene rings is 2. The van der Waals surface area contributed by atoms with Crippen LogP contribution in [0.1, 0.15) is 11.6 Å². The number of nitrogens with one attached hydrogen (secondary N) is 1. The van der Waals surface area contributed by atoms with Gasteiger partial charge in [-0.2, -0.15) is 0 Å². The average molecular weight is 324 g/mol. The fourth-order valence-electron chi connectivity index (χ4n) is 1.69. The van der Waals surface area contributed by atoms with Crippen LogP contribution in [0.3, 0.4) is 0 Å². The lowest BCUT2D eigenvalue weighted by Crippen LogP contribution is -2.20. The second-order valence-electron chi connectivity index (χ2n) is 3.98. The average Bonchev–Trinajstić information content (AvgIpc) is 2.37. The van der Waals surface area contributed by atoms with Crippen molar-refractivity contribution in [1.29, 1.82) is 0 Å². The number of halogens is 2. The Labute approximate surface area is 118 Å². The molecule has 0 aromatic heterocycles. The molecule has 0 aliphatic carbocycles. The maximum absolute atomic E-state index is 12.9. The Kier molecular flexibility index (Phi) is 4.16. The third-order valence-electron chi connectivity index (χ3n) is 2.59. The van der Waals surface area contributed by atoms with Crippen molar-refractivity contribution in [3.05, 3.63) is 64.4 Å². The van der Waals surface area contributed by atoms with Crippen molar-refractivity contribution in [2.24, 2.45) is 0 Å². The molecule has 0 spiro atoms. The van der Waals surface area contributed by atoms with Gasteiger partial charge in [0, 0.05) is 10.2 Å². The van der Waals surface area contributed by atoms with Crippen molar-refractivity contribution >= 4 is 27.6 Å². The van der Waals surface area contributed by atoms with Crippen molar-refractivity contribution in [1.82, 2.24) is 0 Å². The number of anilines is 1. The molecule has 5 heteroatoms. The minimum atomic E-state index is -1.02. The molecule has 0 fully saturated rings. The molecule has 0 radical (unpaired) electrons. The summed E-state index contributed by atoms with van der Waals surface area (Å²) in [7, 11) is 0. The van der Waals surface area contributed by atoms with Gasteiger partial charge in [-0.25, -0.2) is 9.18 Å². The van der Waals surface area contributed by atoms with E-state index in [0.717, 1.165) is 4.47 Å². The maximum atomic E-state index is 12.9. The molecule has 0 heterocycles. The zero-order chi connectivity index (χ0) is 13.8. The Morgan fingerprint density at radius 1 is 1.21 bits per heavy atom. The molecule has 0 saturated heterocycles. The van der Waals surface area contributed by atoms with E-state index in [0.29, 0.717) is 11.3 Å². The second-order valence-corrected chi connectivity index (χ2v) is 4.89. The number of carboxylic acid groups (broad SMARTS) is 1. The van der Waals surface area contributed by atoms with E-state index in [2.05, 4.69) is 21.2 Å². The lowest BCUT2D eigenvalue weighted by atomic mass is 10.1. The van der Waals surface area contributed by atoms with E-state index < -0.39 is 17.8 Å². The summed E-state index contributed by atoms with van der Waals surface area (Å²) in [5.41, 5.74) is 1.17. The second kappa shape index (κ2) is 5.84. The highest BCUT2D eigenvalue weighted by atomic mass is 79.9. The molecule has 0 aliphatic rings. The standard InChI is InChI=1S/C14H11BrFNO2/c15-10-2-1-3-12(8-10)17-13(14(18)19)9-4-6-11(16)7-5-9/h1-8,13,17H,(H,18,19). The Balaban J connectivity index is 2.26. The molecular formula is C14H11BrFNO2. The molecule has 19 heavy (non-hydrogen) atoms. The zero-order valence-corrected chi connectivity index (χ0v) is 11.4. The van der Waals surface area contributed by atoms with Crippen molar-refractivity contribution in [3.63, 3.8) is 0 Å². The first-order chi connectivity index (χ1) is 9.06. The van der Waals surface area contributed by atoms with Crippen LogP contribution in [-0.4, -0.2) is 11.1 Å². The molecule has 2 aromatic rings. The lowest BCUT2D eigenvalue weighted by molar-refractivity contribution is -0.138. The highest BCUT2D eigenvalue weighted by Gasteiger charge is 2.19. The molecule has 0 amide bonds. The van der Waals surface area contributed by atoms with Gasteiger partial charge in [0.1, 0.15) is 5.82 Å². The number of rotatable bonds is 4. The van der Waals surface area contributed by atoms with Gasteiger partial charge in [-0.1, -0.05) is 34.1 Å². The molecule has 0 saturated carbocycles. The predicted octanol–water partition coefficient (Wildman–Crippen LogP) is 3.83. The molecule has 3 nitrogen and oxygen atoms in total. The van der Waals surface area contributed by atoms with E-state index in [1.165, 1.54) is 24.3 Å². The largest absolute Gasteiger partial charge is 0.479 e. The van der Waals surface area contributed by atoms with Crippen LogP contribution in [0.2, 0.25) is 0 Å². The third-order valence-corrected chi connectivity index (χ3v) is 3.08. The molecule has 2 rings (SSSR count). The fourth-order valence-corrected chi connectivity index (χ4v) is 2.09. The highest BCUT2D eigenvalue weighted by Crippen LogP contribution is 2.22. The van der Waals surface area contributed by atoms with Gasteiger partial charge in [-0.15, -0.1) is 0 Å². The third kappa shape index (κ3) is 3.54. The van der Waals surface area contributed by atoms with E-state index in [1.807, 2.05) is 6.07 Å². The first-order valence-electron chi connectivity index (χ1n) is 5.56. The first kappa shape index (κ1) is 13.5. The van der Waals surface area contributed by atoms with Crippen LogP contribution in [0, 0.1) is 5.82 Å². The number of hydrogen-bond acceptors (Lipinski definition) is 2. The van der Waals surface area contributed by atoms with Crippen molar-refractivity contribution in [3.8, 4) is 0 Å². The van der Waals surface area contributed by atoms with Gasteiger partial charge in [0.15, 0.2) is 6.04 Å². The molecule has 98 valence electrons. The number of aliphatic carboxylic acids is 1. The van der Waals surface area contributed by atoms with Gasteiger partial charge in [0.25, 0.3) is 0 Å². The van der Waals surface area contributed by atoms with Gasteiger partial charge in [-0.3, -0.25) is 0 Å². The van der Waals surface area contributed by atoms with Gasteiger partial charge in [-0.05, 0) is 35.9 Å². The van der Waals surface area contributed by atoms with Crippen LogP contribution in [0.5, 0.6) is 0 Å². The molecule has 0 bridgehead atoms. The maximum Gasteiger partial charge on any atom is 0.330 e. The van der Waals surface area contributed by atoms with Crippen LogP contribution < -0.4 is 5.32 Å². The highest BCUT2D eigenvalue weighted by molar-refractivity contribution is 9.10. The van der Waals surface area contributed by atoms with Crippen molar-refractivity contribution in [2.75, 3.05) is 5.32 Å². The molecule has 2 N–H and O–H groups in total. The van der Waals surface area contributed by atoms with Crippen LogP contribution >= 0.6 is 15.9 Å². The molecule has 0 aliphatic heterocycles. The normalized spacial score (nSPS) is 11.9. The van der Waals surface area contributed by atoms with E-state index in [9.17, 15) is 14.3 Å². The monoisotopic (exact) mass is 323 g/mol. The van der Waals surface area contributed by atoms with Crippen LogP contribution in [0.15, 0.2) is 53.0 Å². The summed E-state index contributed by atoms with van der Waals surface area (Å²) in [5.74, 6) is -1.41. The van der Waals surface area contributed by atoms with Crippen LogP contribution in [-0.2, 0) is 4.79 Å². The summed E-state index contributed by atoms with van der Waals surface area (Å²) in [5, 5.41) is 12.2. The SMILES string of the molecule is O=C(O)C(Nc1cccc(Br)c1)c1ccc(F)cc1. The topological polar surface area (TPSA) is 49.3 Å². The molecule has 1 atom stereocenters. The number of hydrogen-bond donors (Lipinski definition) is 2. The summed E-state index contributed by atoms with van der Waals surface area (Å²) < 4.78 is 13.7. The predicted molar refractivity (Wildman–Crippen MR) is 74.5 cm³/mol. The first-order valence-corrected chi connectivity index (χ1v) is 6.36. The Morgan fingerprint density at radius 3 is 2.47 bits per heavy atom. The summed E-state index contributed by atoms with van der Waals surface area (Å²) in [6, 6.07) is 11.7. The van der Waals surface area contributed by atoms with Gasteiger partial charge in [0.2, 0.25) is 0 Å². The Bertz CT molecular complexity index is 586. The van der Waals surface area contributed by atoms with E-state index in [1.54, 1.807) is 18.2 Å². The van der Waals surface area contributed by atoms with E-state index in [-0.39, 0.29) is 0 Å². The number of carbonyl (C=O) groups is 1. The van der Waals surface area contributed by atoms with Crippen LogP contribution in [0.25, 0.3) is 0 Å². The molecular weight excluding hydrogens is 313 g/mol. The lowest BCUT2D eigenvalue weighted by Gasteiger charge is -2.16. The summed E-state index contributed by atoms with van der Waals surface area (Å²) in [6.07, 6.45) is 0. The molecule has 2 aromatic carbocycles. The summed E-state index contributed by atoms with van der Waals surface area (Å²) in [6.45, 7) is 0. The summed E-state index contributed by atoms with van der Waals surface area (Å²) in [4.78, 5) is 11.3. The van der Waals surface area contributed by atoms with Crippen molar-refractivity contribution in [2.45, 2.75) is 6.04 Å². The Morgan fingerprint density at radius 2 is 1.89 bits per heavy atom. The van der Waals surface area contributed by atoms with Gasteiger partial charge in [0.05, 0.1) is 0 Å². The van der Waals surface area contributed by atoms with E-state index >= 15 is 0 Å². The Hall–Kier alpha value is -1.88. The minimum absolute atomic E-state index is 0.393. The molecule has 1 unspecified atom stereocenters. The van der Waals surface area contributed by atoms with Gasteiger partial charge >= 0.3 is 5.97 Å². The fraction of sp³-hybridized carbons (Fsp3) is 0.0714. The minimum Gasteiger partial charge on any atom is -0.479 e. The van der Waals surface area contributed by atoms with Gasteiger partial charge < -0.3 is 10.4 Å².